The van der Waals surface area contributed by atoms with Crippen LogP contribution in [0.4, 0.5) is 5.69 Å². The van der Waals surface area contributed by atoms with E-state index in [4.69, 9.17) is 19.9 Å². The molecule has 2 aliphatic rings. The minimum absolute atomic E-state index is 0.133. The van der Waals surface area contributed by atoms with Crippen molar-refractivity contribution >= 4 is 44.1 Å². The third kappa shape index (κ3) is 3.59. The number of pyridine rings is 3. The summed E-state index contributed by atoms with van der Waals surface area (Å²) in [7, 11) is 2.07. The smallest absolute Gasteiger partial charge is 0.160 e. The van der Waals surface area contributed by atoms with Gasteiger partial charge in [0.25, 0.3) is 0 Å². The Morgan fingerprint density at radius 3 is 2.53 bits per heavy atom. The highest BCUT2D eigenvalue weighted by molar-refractivity contribution is 6.05. The van der Waals surface area contributed by atoms with Crippen molar-refractivity contribution in [1.29, 1.82) is 0 Å². The maximum absolute atomic E-state index is 5.00. The Morgan fingerprint density at radius 2 is 1.60 bits per heavy atom. The molecule has 43 heavy (non-hydrogen) atoms. The molecule has 1 aliphatic heterocycles. The number of hydrogen-bond acceptors (Lipinski definition) is 4. The van der Waals surface area contributed by atoms with Gasteiger partial charge in [0.15, 0.2) is 11.3 Å². The van der Waals surface area contributed by atoms with Gasteiger partial charge in [0, 0.05) is 36.1 Å². The number of aromatic nitrogens is 5. The normalized spacial score (nSPS) is 17.6. The van der Waals surface area contributed by atoms with Gasteiger partial charge < -0.3 is 9.13 Å². The van der Waals surface area contributed by atoms with E-state index in [9.17, 15) is 0 Å². The first-order valence-electron chi connectivity index (χ1n) is 14.5. The Kier molecular flexibility index (Phi) is 5.14. The molecule has 0 saturated carbocycles. The van der Waals surface area contributed by atoms with Crippen LogP contribution in [0.15, 0.2) is 133 Å². The molecule has 3 aromatic carbocycles. The highest BCUT2D eigenvalue weighted by Crippen LogP contribution is 2.48. The van der Waals surface area contributed by atoms with Crippen LogP contribution in [0.5, 0.6) is 0 Å². The Hall–Kier alpha value is -5.62. The minimum Gasteiger partial charge on any atom is -0.327 e. The van der Waals surface area contributed by atoms with Crippen molar-refractivity contribution in [2.75, 3.05) is 0 Å². The van der Waals surface area contributed by atoms with E-state index in [1.54, 1.807) is 0 Å². The molecule has 2 atom stereocenters. The van der Waals surface area contributed by atoms with Crippen molar-refractivity contribution < 1.29 is 0 Å². The molecule has 4 aromatic heterocycles. The molecule has 5 heterocycles. The molecular weight excluding hydrogens is 528 g/mol. The lowest BCUT2D eigenvalue weighted by atomic mass is 9.80. The van der Waals surface area contributed by atoms with E-state index in [0.717, 1.165) is 55.5 Å². The van der Waals surface area contributed by atoms with Crippen molar-refractivity contribution in [2.24, 2.45) is 12.0 Å². The van der Waals surface area contributed by atoms with Gasteiger partial charge in [0.2, 0.25) is 0 Å². The fourth-order valence-corrected chi connectivity index (χ4v) is 6.82. The topological polar surface area (TPSA) is 60.9 Å². The Labute approximate surface area is 247 Å². The number of allylic oxidation sites excluding steroid dienone is 4. The predicted octanol–water partition coefficient (Wildman–Crippen LogP) is 7.66. The highest BCUT2D eigenvalue weighted by atomic mass is 15.1. The van der Waals surface area contributed by atoms with Crippen LogP contribution in [0.1, 0.15) is 23.1 Å². The van der Waals surface area contributed by atoms with Gasteiger partial charge in [-0.3, -0.25) is 9.97 Å². The zero-order chi connectivity index (χ0) is 28.5. The minimum atomic E-state index is 0.133. The molecule has 1 unspecified atom stereocenters. The summed E-state index contributed by atoms with van der Waals surface area (Å²) in [5, 5.41) is 2.24. The summed E-state index contributed by atoms with van der Waals surface area (Å²) in [6.45, 7) is 0. The van der Waals surface area contributed by atoms with Crippen molar-refractivity contribution in [3.63, 3.8) is 0 Å². The van der Waals surface area contributed by atoms with Crippen LogP contribution in [-0.4, -0.2) is 24.1 Å². The maximum atomic E-state index is 5.00. The highest BCUT2D eigenvalue weighted by Gasteiger charge is 2.35. The van der Waals surface area contributed by atoms with Crippen molar-refractivity contribution in [1.82, 2.24) is 24.1 Å². The number of aryl methyl sites for hydroxylation is 1. The number of imidazole rings is 1. The fraction of sp³-hybridized carbons (Fsp3) is 0.0811. The van der Waals surface area contributed by atoms with E-state index in [2.05, 4.69) is 82.9 Å². The lowest BCUT2D eigenvalue weighted by Crippen LogP contribution is -2.24. The third-order valence-electron chi connectivity index (χ3n) is 8.81. The van der Waals surface area contributed by atoms with Crippen LogP contribution in [-0.2, 0) is 7.05 Å². The van der Waals surface area contributed by atoms with Gasteiger partial charge in [-0.1, -0.05) is 66.8 Å². The molecule has 0 spiro atoms. The largest absolute Gasteiger partial charge is 0.327 e. The second kappa shape index (κ2) is 9.19. The Bertz CT molecular complexity index is 2370. The summed E-state index contributed by atoms with van der Waals surface area (Å²) >= 11 is 0. The van der Waals surface area contributed by atoms with Gasteiger partial charge in [-0.05, 0) is 65.2 Å². The maximum Gasteiger partial charge on any atom is 0.160 e. The molecule has 0 fully saturated rings. The van der Waals surface area contributed by atoms with Gasteiger partial charge in [-0.2, -0.15) is 0 Å². The molecule has 6 heteroatoms. The van der Waals surface area contributed by atoms with Crippen molar-refractivity contribution in [3.05, 3.63) is 144 Å². The second-order valence-corrected chi connectivity index (χ2v) is 11.2. The quantitative estimate of drug-likeness (QED) is 0.206. The van der Waals surface area contributed by atoms with Gasteiger partial charge >= 0.3 is 0 Å². The van der Waals surface area contributed by atoms with Crippen molar-refractivity contribution in [2.45, 2.75) is 12.0 Å². The number of benzene rings is 3. The van der Waals surface area contributed by atoms with E-state index in [1.165, 1.54) is 16.7 Å². The lowest BCUT2D eigenvalue weighted by molar-refractivity contribution is 0.546. The van der Waals surface area contributed by atoms with Crippen LogP contribution in [0, 0.1) is 0 Å². The summed E-state index contributed by atoms with van der Waals surface area (Å²) in [6, 6.07) is 33.7. The van der Waals surface area contributed by atoms with E-state index in [1.807, 2.05) is 60.9 Å². The van der Waals surface area contributed by atoms with E-state index in [-0.39, 0.29) is 12.0 Å². The number of hydrogen-bond donors (Lipinski definition) is 0. The zero-order valence-corrected chi connectivity index (χ0v) is 23.5. The molecule has 6 nitrogen and oxygen atoms in total. The van der Waals surface area contributed by atoms with Gasteiger partial charge in [0.1, 0.15) is 11.2 Å². The molecule has 7 aromatic rings. The van der Waals surface area contributed by atoms with Gasteiger partial charge in [-0.25, -0.2) is 9.98 Å². The summed E-state index contributed by atoms with van der Waals surface area (Å²) < 4.78 is 4.51. The standard InChI is InChI=1S/C37H26N6/c1-42-31-17-15-23(21-28(31)26-11-7-19-38-34(26)36(42)40-25-9-3-2-4-10-25)24-16-18-32-29(22-24)27-12-8-20-39-35(27)37-41-30-13-5-6-14-33(30)43(32)37/h2-22,29,32H,1H3/t29?,32-/m0/s1. The number of nitrogens with zero attached hydrogens (tertiary/aromatic N) is 6. The van der Waals surface area contributed by atoms with Crippen molar-refractivity contribution in [3.8, 4) is 11.5 Å². The van der Waals surface area contributed by atoms with Crippen LogP contribution >= 0.6 is 0 Å². The number of para-hydroxylation sites is 3. The number of fused-ring (bicyclic) bond motifs is 11. The average Bonchev–Trinajstić information content (AvgIpc) is 3.47. The fourth-order valence-electron chi connectivity index (χ4n) is 6.82. The van der Waals surface area contributed by atoms with E-state index in [0.29, 0.717) is 0 Å². The average molecular weight is 555 g/mol. The van der Waals surface area contributed by atoms with Crippen LogP contribution in [0.2, 0.25) is 0 Å². The molecule has 1 aliphatic carbocycles. The summed E-state index contributed by atoms with van der Waals surface area (Å²) in [6.07, 6.45) is 10.7. The summed E-state index contributed by atoms with van der Waals surface area (Å²) in [5.74, 6) is 1.08. The molecule has 0 radical (unpaired) electrons. The SMILES string of the molecule is Cn1c(=Nc2ccccc2)c2ncccc2c2cc(C3=CC4c5cccnc5-c5nc6ccccc6n5[C@H]4C=C3)ccc21. The lowest BCUT2D eigenvalue weighted by Gasteiger charge is -2.34. The molecule has 204 valence electrons. The van der Waals surface area contributed by atoms with Crippen LogP contribution in [0.3, 0.4) is 0 Å². The summed E-state index contributed by atoms with van der Waals surface area (Å²) in [5.41, 5.74) is 10.4. The molecular formula is C37H26N6. The van der Waals surface area contributed by atoms with E-state index >= 15 is 0 Å². The molecule has 9 rings (SSSR count). The third-order valence-corrected chi connectivity index (χ3v) is 8.81. The molecule has 0 bridgehead atoms. The van der Waals surface area contributed by atoms with Gasteiger partial charge in [0.05, 0.1) is 28.3 Å². The Balaban J connectivity index is 1.22. The monoisotopic (exact) mass is 554 g/mol. The summed E-state index contributed by atoms with van der Waals surface area (Å²) in [4.78, 5) is 19.6. The first kappa shape index (κ1) is 24.0. The van der Waals surface area contributed by atoms with Crippen LogP contribution < -0.4 is 5.49 Å². The van der Waals surface area contributed by atoms with E-state index < -0.39 is 0 Å². The first-order valence-corrected chi connectivity index (χ1v) is 14.5. The van der Waals surface area contributed by atoms with Crippen LogP contribution in [0.25, 0.3) is 49.9 Å². The predicted molar refractivity (Wildman–Crippen MR) is 172 cm³/mol. The molecule has 0 N–H and O–H groups in total. The molecule has 0 saturated heterocycles. The molecule has 0 amide bonds. The zero-order valence-electron chi connectivity index (χ0n) is 23.5. The second-order valence-electron chi connectivity index (χ2n) is 11.2. The Morgan fingerprint density at radius 1 is 0.767 bits per heavy atom. The first-order chi connectivity index (χ1) is 21.2. The number of rotatable bonds is 2. The van der Waals surface area contributed by atoms with Gasteiger partial charge in [-0.15, -0.1) is 0 Å².